The summed E-state index contributed by atoms with van der Waals surface area (Å²) in [6.45, 7) is -1.98. The van der Waals surface area contributed by atoms with Gasteiger partial charge in [0.15, 0.2) is 4.34 Å². The van der Waals surface area contributed by atoms with Gasteiger partial charge in [0.1, 0.15) is 11.6 Å². The summed E-state index contributed by atoms with van der Waals surface area (Å²) in [6, 6.07) is 7.71. The van der Waals surface area contributed by atoms with Gasteiger partial charge in [0.25, 0.3) is 0 Å². The Labute approximate surface area is 151 Å². The van der Waals surface area contributed by atoms with Crippen molar-refractivity contribution in [3.05, 3.63) is 48.0 Å². The van der Waals surface area contributed by atoms with Crippen molar-refractivity contribution in [2.75, 3.05) is 12.4 Å². The molecule has 0 aliphatic rings. The molecule has 0 aliphatic heterocycles. The van der Waals surface area contributed by atoms with Crippen molar-refractivity contribution >= 4 is 28.2 Å². The molecule has 0 amide bonds. The normalized spacial score (nSPS) is 11.0. The number of nitrogens with one attached hydrogen (secondary N) is 1. The van der Waals surface area contributed by atoms with Crippen molar-refractivity contribution in [2.45, 2.75) is 23.2 Å². The Bertz CT molecular complexity index is 806. The number of hydrogen-bond acceptors (Lipinski definition) is 7. The summed E-state index contributed by atoms with van der Waals surface area (Å²) in [5.41, 5.74) is 1.09. The maximum atomic E-state index is 12.8. The molecule has 0 saturated carbocycles. The van der Waals surface area contributed by atoms with Gasteiger partial charge < -0.3 is 10.1 Å². The van der Waals surface area contributed by atoms with Crippen LogP contribution in [0, 0.1) is 0 Å². The third kappa shape index (κ3) is 4.67. The van der Waals surface area contributed by atoms with Gasteiger partial charge >= 0.3 is 6.55 Å². The topological polar surface area (TPSA) is 64.9 Å². The van der Waals surface area contributed by atoms with Crippen LogP contribution in [0.15, 0.2) is 41.0 Å². The van der Waals surface area contributed by atoms with Crippen LogP contribution in [-0.4, -0.2) is 26.9 Å². The molecule has 10 heteroatoms. The Morgan fingerprint density at radius 1 is 1.28 bits per heavy atom. The molecule has 0 aliphatic carbocycles. The van der Waals surface area contributed by atoms with Gasteiger partial charge in [0, 0.05) is 18.9 Å². The molecule has 0 atom stereocenters. The van der Waals surface area contributed by atoms with E-state index in [0.29, 0.717) is 27.6 Å². The van der Waals surface area contributed by atoms with Gasteiger partial charge in [-0.15, -0.1) is 10.2 Å². The maximum absolute atomic E-state index is 12.8. The second-order valence-corrected chi connectivity index (χ2v) is 7.09. The summed E-state index contributed by atoms with van der Waals surface area (Å²) in [4.78, 5) is 3.94. The van der Waals surface area contributed by atoms with Gasteiger partial charge in [-0.2, -0.15) is 8.78 Å². The molecule has 2 aromatic heterocycles. The van der Waals surface area contributed by atoms with Gasteiger partial charge in [-0.1, -0.05) is 35.2 Å². The average Bonchev–Trinajstić information content (AvgIpc) is 3.27. The Morgan fingerprint density at radius 3 is 2.80 bits per heavy atom. The van der Waals surface area contributed by atoms with E-state index in [1.807, 2.05) is 24.3 Å². The highest BCUT2D eigenvalue weighted by Crippen LogP contribution is 2.29. The number of alkyl halides is 2. The van der Waals surface area contributed by atoms with E-state index >= 15 is 0 Å². The lowest BCUT2D eigenvalue weighted by molar-refractivity contribution is 0.0678. The zero-order valence-electron chi connectivity index (χ0n) is 13.2. The molecule has 3 rings (SSSR count). The van der Waals surface area contributed by atoms with Gasteiger partial charge in [0.05, 0.1) is 12.9 Å². The van der Waals surface area contributed by atoms with E-state index in [2.05, 4.69) is 20.5 Å². The van der Waals surface area contributed by atoms with E-state index in [1.165, 1.54) is 35.5 Å². The number of halogens is 2. The molecule has 2 heterocycles. The predicted octanol–water partition coefficient (Wildman–Crippen LogP) is 4.04. The van der Waals surface area contributed by atoms with E-state index in [4.69, 9.17) is 4.74 Å². The van der Waals surface area contributed by atoms with Crippen LogP contribution in [0.1, 0.15) is 17.9 Å². The van der Waals surface area contributed by atoms with Gasteiger partial charge in [-0.3, -0.25) is 4.57 Å². The summed E-state index contributed by atoms with van der Waals surface area (Å²) in [7, 11) is 1.63. The van der Waals surface area contributed by atoms with Crippen molar-refractivity contribution in [1.82, 2.24) is 19.7 Å². The Balaban J connectivity index is 1.52. The van der Waals surface area contributed by atoms with Crippen molar-refractivity contribution in [3.8, 4) is 5.75 Å². The first kappa shape index (κ1) is 17.6. The lowest BCUT2D eigenvalue weighted by atomic mass is 10.2. The van der Waals surface area contributed by atoms with Crippen LogP contribution in [0.3, 0.4) is 0 Å². The van der Waals surface area contributed by atoms with Crippen LogP contribution in [0.4, 0.5) is 13.9 Å². The minimum atomic E-state index is -2.59. The number of aromatic nitrogens is 4. The molecule has 1 aromatic carbocycles. The highest BCUT2D eigenvalue weighted by molar-refractivity contribution is 8.00. The van der Waals surface area contributed by atoms with Crippen LogP contribution in [0.2, 0.25) is 0 Å². The molecule has 0 radical (unpaired) electrons. The smallest absolute Gasteiger partial charge is 0.319 e. The van der Waals surface area contributed by atoms with E-state index < -0.39 is 6.55 Å². The van der Waals surface area contributed by atoms with Crippen LogP contribution in [-0.2, 0) is 12.3 Å². The molecule has 3 aromatic rings. The molecule has 0 saturated heterocycles. The molecule has 25 heavy (non-hydrogen) atoms. The quantitative estimate of drug-likeness (QED) is 0.592. The lowest BCUT2D eigenvalue weighted by Crippen LogP contribution is -2.01. The van der Waals surface area contributed by atoms with Gasteiger partial charge in [-0.05, 0) is 17.7 Å². The number of ether oxygens (including phenoxy) is 1. The summed E-state index contributed by atoms with van der Waals surface area (Å²) >= 11 is 2.71. The van der Waals surface area contributed by atoms with E-state index in [0.717, 1.165) is 15.9 Å². The van der Waals surface area contributed by atoms with E-state index in [-0.39, 0.29) is 0 Å². The number of imidazole rings is 1. The third-order valence-corrected chi connectivity index (χ3v) is 5.30. The number of hydrogen-bond donors (Lipinski definition) is 1. The maximum Gasteiger partial charge on any atom is 0.319 e. The minimum Gasteiger partial charge on any atom is -0.497 e. The fraction of sp³-hybridized carbons (Fsp3) is 0.267. The number of thioether (sulfide) groups is 1. The Hall–Kier alpha value is -2.20. The minimum absolute atomic E-state index is 0.308. The van der Waals surface area contributed by atoms with E-state index in [1.54, 1.807) is 7.11 Å². The molecule has 6 nitrogen and oxygen atoms in total. The highest BCUT2D eigenvalue weighted by atomic mass is 32.2. The second kappa shape index (κ2) is 8.26. The summed E-state index contributed by atoms with van der Waals surface area (Å²) < 4.78 is 32.2. The van der Waals surface area contributed by atoms with Crippen LogP contribution in [0.25, 0.3) is 0 Å². The number of anilines is 1. The summed E-state index contributed by atoms with van der Waals surface area (Å²) in [6.07, 6.45) is 2.63. The van der Waals surface area contributed by atoms with Crippen molar-refractivity contribution < 1.29 is 13.5 Å². The number of rotatable bonds is 8. The number of methoxy groups -OCH3 is 1. The largest absolute Gasteiger partial charge is 0.497 e. The third-order valence-electron chi connectivity index (χ3n) is 3.29. The molecular weight excluding hydrogens is 368 g/mol. The first-order valence-corrected chi connectivity index (χ1v) is 9.09. The van der Waals surface area contributed by atoms with Crippen LogP contribution >= 0.6 is 23.1 Å². The first-order valence-electron chi connectivity index (χ1n) is 7.28. The van der Waals surface area contributed by atoms with Crippen LogP contribution < -0.4 is 10.1 Å². The Kier molecular flexibility index (Phi) is 5.82. The molecular formula is C15H15F2N5OS2. The number of nitrogens with zero attached hydrogens (tertiary/aromatic N) is 4. The zero-order valence-corrected chi connectivity index (χ0v) is 14.9. The summed E-state index contributed by atoms with van der Waals surface area (Å²) in [5, 5.41) is 12.0. The van der Waals surface area contributed by atoms with E-state index in [9.17, 15) is 8.78 Å². The standard InChI is InChI=1S/C15H15F2N5OS2/c1-23-11-4-2-10(3-5-11)8-19-14-20-21-15(25-14)24-9-12-18-6-7-22(12)13(16)17/h2-7,13H,8-9H2,1H3,(H,19,20). The van der Waals surface area contributed by atoms with Gasteiger partial charge in [0.2, 0.25) is 5.13 Å². The number of benzene rings is 1. The highest BCUT2D eigenvalue weighted by Gasteiger charge is 2.13. The second-order valence-electron chi connectivity index (χ2n) is 4.89. The SMILES string of the molecule is COc1ccc(CNc2nnc(SCc3nccn3C(F)F)s2)cc1. The molecule has 0 spiro atoms. The zero-order chi connectivity index (χ0) is 17.6. The molecule has 1 N–H and O–H groups in total. The molecule has 132 valence electrons. The monoisotopic (exact) mass is 383 g/mol. The van der Waals surface area contributed by atoms with Crippen LogP contribution in [0.5, 0.6) is 5.75 Å². The fourth-order valence-corrected chi connectivity index (χ4v) is 3.72. The average molecular weight is 383 g/mol. The first-order chi connectivity index (χ1) is 12.2. The molecule has 0 unspecified atom stereocenters. The fourth-order valence-electron chi connectivity index (χ4n) is 2.02. The summed E-state index contributed by atoms with van der Waals surface area (Å²) in [5.74, 6) is 1.42. The Morgan fingerprint density at radius 2 is 2.08 bits per heavy atom. The van der Waals surface area contributed by atoms with Gasteiger partial charge in [-0.25, -0.2) is 4.98 Å². The van der Waals surface area contributed by atoms with Crippen molar-refractivity contribution in [1.29, 1.82) is 0 Å². The van der Waals surface area contributed by atoms with Crippen molar-refractivity contribution in [3.63, 3.8) is 0 Å². The predicted molar refractivity (Wildman–Crippen MR) is 93.3 cm³/mol. The molecule has 0 fully saturated rings. The van der Waals surface area contributed by atoms with Crippen molar-refractivity contribution in [2.24, 2.45) is 0 Å². The molecule has 0 bridgehead atoms. The lowest BCUT2D eigenvalue weighted by Gasteiger charge is -2.04.